The summed E-state index contributed by atoms with van der Waals surface area (Å²) in [5.74, 6) is 1.21. The van der Waals surface area contributed by atoms with Gasteiger partial charge < -0.3 is 15.0 Å². The number of para-hydroxylation sites is 3. The van der Waals surface area contributed by atoms with E-state index in [-0.39, 0.29) is 17.6 Å². The first kappa shape index (κ1) is 17.8. The van der Waals surface area contributed by atoms with Gasteiger partial charge >= 0.3 is 0 Å². The Hall–Kier alpha value is -3.05. The number of nitrogens with one attached hydrogen (secondary N) is 1. The molecule has 0 unspecified atom stereocenters. The number of hydrogen-bond acceptors (Lipinski definition) is 4. The highest BCUT2D eigenvalue weighted by Gasteiger charge is 2.13. The van der Waals surface area contributed by atoms with Gasteiger partial charge in [-0.3, -0.25) is 4.79 Å². The summed E-state index contributed by atoms with van der Waals surface area (Å²) < 4.78 is 5.95. The smallest absolute Gasteiger partial charge is 0.243 e. The van der Waals surface area contributed by atoms with Gasteiger partial charge in [0.05, 0.1) is 17.9 Å². The zero-order valence-corrected chi connectivity index (χ0v) is 15.0. The highest BCUT2D eigenvalue weighted by Crippen LogP contribution is 2.31. The van der Waals surface area contributed by atoms with E-state index in [0.717, 1.165) is 11.4 Å². The molecule has 0 saturated carbocycles. The molecule has 3 aromatic rings. The van der Waals surface area contributed by atoms with Crippen molar-refractivity contribution in [3.8, 4) is 11.5 Å². The van der Waals surface area contributed by atoms with Crippen molar-refractivity contribution in [1.82, 2.24) is 4.98 Å². The molecule has 26 heavy (non-hydrogen) atoms. The molecule has 0 aliphatic rings. The predicted molar refractivity (Wildman–Crippen MR) is 104 cm³/mol. The number of carbonyl (C=O) groups excluding carboxylic acids is 1. The molecular weight excluding hydrogens is 350 g/mol. The number of pyridine rings is 1. The maximum absolute atomic E-state index is 12.3. The summed E-state index contributed by atoms with van der Waals surface area (Å²) in [7, 11) is 1.83. The number of likely N-dealkylation sites (N-methyl/N-ethyl adjacent to an activating group) is 1. The van der Waals surface area contributed by atoms with Crippen molar-refractivity contribution >= 4 is 28.9 Å². The van der Waals surface area contributed by atoms with Gasteiger partial charge in [0.25, 0.3) is 0 Å². The van der Waals surface area contributed by atoms with Gasteiger partial charge in [0.1, 0.15) is 5.75 Å². The molecule has 0 aliphatic carbocycles. The number of hydrogen-bond donors (Lipinski definition) is 1. The third-order valence-corrected chi connectivity index (χ3v) is 3.96. The van der Waals surface area contributed by atoms with Crippen molar-refractivity contribution in [3.63, 3.8) is 0 Å². The molecule has 0 saturated heterocycles. The van der Waals surface area contributed by atoms with E-state index in [1.54, 1.807) is 18.3 Å². The van der Waals surface area contributed by atoms with E-state index < -0.39 is 0 Å². The minimum atomic E-state index is -0.197. The van der Waals surface area contributed by atoms with E-state index in [2.05, 4.69) is 10.3 Å². The topological polar surface area (TPSA) is 54.5 Å². The maximum Gasteiger partial charge on any atom is 0.243 e. The number of halogens is 1. The van der Waals surface area contributed by atoms with E-state index >= 15 is 0 Å². The van der Waals surface area contributed by atoms with Gasteiger partial charge in [-0.05, 0) is 36.4 Å². The van der Waals surface area contributed by atoms with E-state index in [1.165, 1.54) is 0 Å². The van der Waals surface area contributed by atoms with Crippen molar-refractivity contribution in [1.29, 1.82) is 0 Å². The van der Waals surface area contributed by atoms with Crippen molar-refractivity contribution in [2.24, 2.45) is 0 Å². The fourth-order valence-corrected chi connectivity index (χ4v) is 2.61. The number of amides is 1. The van der Waals surface area contributed by atoms with Gasteiger partial charge in [-0.1, -0.05) is 41.9 Å². The second kappa shape index (κ2) is 8.36. The van der Waals surface area contributed by atoms with Crippen molar-refractivity contribution in [2.45, 2.75) is 0 Å². The van der Waals surface area contributed by atoms with Crippen molar-refractivity contribution in [2.75, 3.05) is 23.8 Å². The predicted octanol–water partition coefficient (Wildman–Crippen LogP) is 4.60. The number of benzene rings is 2. The third kappa shape index (κ3) is 4.52. The number of ether oxygens (including phenoxy) is 1. The van der Waals surface area contributed by atoms with Crippen molar-refractivity contribution < 1.29 is 9.53 Å². The molecule has 1 amide bonds. The molecule has 0 bridgehead atoms. The Morgan fingerprint density at radius 3 is 2.58 bits per heavy atom. The minimum absolute atomic E-state index is 0.139. The van der Waals surface area contributed by atoms with Crippen LogP contribution in [-0.2, 0) is 4.79 Å². The Morgan fingerprint density at radius 2 is 1.81 bits per heavy atom. The molecule has 1 N–H and O–H groups in total. The SMILES string of the molecule is CN(CC(=O)Nc1cccnc1Cl)c1ccccc1Oc1ccccc1. The second-order valence-corrected chi connectivity index (χ2v) is 5.99. The standard InChI is InChI=1S/C20H18ClN3O2/c1-24(14-19(25)23-16-10-7-13-22-20(16)21)17-11-5-6-12-18(17)26-15-8-3-2-4-9-15/h2-13H,14H2,1H3,(H,23,25). The van der Waals surface area contributed by atoms with Gasteiger partial charge in [-0.2, -0.15) is 0 Å². The Balaban J connectivity index is 1.71. The van der Waals surface area contributed by atoms with Crippen LogP contribution in [0.15, 0.2) is 72.9 Å². The fraction of sp³-hybridized carbons (Fsp3) is 0.100. The van der Waals surface area contributed by atoms with Crippen LogP contribution >= 0.6 is 11.6 Å². The van der Waals surface area contributed by atoms with Gasteiger partial charge in [-0.25, -0.2) is 4.98 Å². The van der Waals surface area contributed by atoms with Crippen LogP contribution < -0.4 is 15.0 Å². The number of aromatic nitrogens is 1. The summed E-state index contributed by atoms with van der Waals surface area (Å²) >= 11 is 5.98. The summed E-state index contributed by atoms with van der Waals surface area (Å²) in [5, 5.41) is 3.02. The monoisotopic (exact) mass is 367 g/mol. The first-order valence-electron chi connectivity index (χ1n) is 8.07. The largest absolute Gasteiger partial charge is 0.455 e. The van der Waals surface area contributed by atoms with Gasteiger partial charge in [0.15, 0.2) is 10.9 Å². The Bertz CT molecular complexity index is 887. The van der Waals surface area contributed by atoms with Gasteiger partial charge in [0.2, 0.25) is 5.91 Å². The number of anilines is 2. The number of rotatable bonds is 6. The second-order valence-electron chi connectivity index (χ2n) is 5.63. The molecule has 132 valence electrons. The summed E-state index contributed by atoms with van der Waals surface area (Å²) in [6, 6.07) is 20.5. The van der Waals surface area contributed by atoms with Crippen LogP contribution in [0.3, 0.4) is 0 Å². The summed E-state index contributed by atoms with van der Waals surface area (Å²) in [4.78, 5) is 18.1. The molecule has 0 radical (unpaired) electrons. The van der Waals surface area contributed by atoms with Gasteiger partial charge in [0, 0.05) is 13.2 Å². The minimum Gasteiger partial charge on any atom is -0.455 e. The zero-order valence-electron chi connectivity index (χ0n) is 14.2. The Labute approximate surface area is 157 Å². The van der Waals surface area contributed by atoms with Crippen molar-refractivity contribution in [3.05, 3.63) is 78.1 Å². The first-order valence-corrected chi connectivity index (χ1v) is 8.45. The molecule has 1 aromatic heterocycles. The Kier molecular flexibility index (Phi) is 5.71. The van der Waals surface area contributed by atoms with E-state index in [0.29, 0.717) is 11.4 Å². The molecule has 1 heterocycles. The normalized spacial score (nSPS) is 10.2. The van der Waals surface area contributed by atoms with Crippen LogP contribution in [-0.4, -0.2) is 24.5 Å². The summed E-state index contributed by atoms with van der Waals surface area (Å²) in [5.41, 5.74) is 1.30. The quantitative estimate of drug-likeness (QED) is 0.647. The lowest BCUT2D eigenvalue weighted by molar-refractivity contribution is -0.114. The molecule has 2 aromatic carbocycles. The van der Waals surface area contributed by atoms with E-state index in [9.17, 15) is 4.79 Å². The van der Waals surface area contributed by atoms with Gasteiger partial charge in [-0.15, -0.1) is 0 Å². The third-order valence-electron chi connectivity index (χ3n) is 3.66. The highest BCUT2D eigenvalue weighted by molar-refractivity contribution is 6.32. The molecule has 5 nitrogen and oxygen atoms in total. The van der Waals surface area contributed by atoms with Crippen LogP contribution in [0.2, 0.25) is 5.15 Å². The Morgan fingerprint density at radius 1 is 1.08 bits per heavy atom. The van der Waals surface area contributed by atoms with Crippen LogP contribution in [0.4, 0.5) is 11.4 Å². The van der Waals surface area contributed by atoms with Crippen LogP contribution in [0, 0.1) is 0 Å². The molecule has 0 fully saturated rings. The molecule has 3 rings (SSSR count). The number of nitrogens with zero attached hydrogens (tertiary/aromatic N) is 2. The van der Waals surface area contributed by atoms with Crippen LogP contribution in [0.5, 0.6) is 11.5 Å². The molecule has 6 heteroatoms. The lowest BCUT2D eigenvalue weighted by Gasteiger charge is -2.22. The summed E-state index contributed by atoms with van der Waals surface area (Å²) in [6.07, 6.45) is 1.57. The average Bonchev–Trinajstić information content (AvgIpc) is 2.65. The fourth-order valence-electron chi connectivity index (χ4n) is 2.44. The first-order chi connectivity index (χ1) is 12.6. The van der Waals surface area contributed by atoms with Crippen LogP contribution in [0.25, 0.3) is 0 Å². The maximum atomic E-state index is 12.3. The molecular formula is C20H18ClN3O2. The van der Waals surface area contributed by atoms with E-state index in [1.807, 2.05) is 66.5 Å². The van der Waals surface area contributed by atoms with Crippen LogP contribution in [0.1, 0.15) is 0 Å². The lowest BCUT2D eigenvalue weighted by atomic mass is 10.2. The molecule has 0 aliphatic heterocycles. The van der Waals surface area contributed by atoms with E-state index in [4.69, 9.17) is 16.3 Å². The zero-order chi connectivity index (χ0) is 18.4. The molecule has 0 spiro atoms. The summed E-state index contributed by atoms with van der Waals surface area (Å²) in [6.45, 7) is 0.139. The highest BCUT2D eigenvalue weighted by atomic mass is 35.5. The number of carbonyl (C=O) groups is 1. The molecule has 0 atom stereocenters. The lowest BCUT2D eigenvalue weighted by Crippen LogP contribution is -2.30. The average molecular weight is 368 g/mol.